The fourth-order valence-corrected chi connectivity index (χ4v) is 3.18. The average molecular weight is 1680 g/mol. The van der Waals surface area contributed by atoms with E-state index in [2.05, 4.69) is 119 Å². The minimum absolute atomic E-state index is 0.0112. The maximum Gasteiger partial charge on any atom is 0.413 e. The van der Waals surface area contributed by atoms with Crippen molar-refractivity contribution in [3.05, 3.63) is 165 Å². The van der Waals surface area contributed by atoms with Crippen LogP contribution >= 0.6 is 0 Å². The van der Waals surface area contributed by atoms with Crippen LogP contribution in [0.15, 0.2) is 165 Å². The van der Waals surface area contributed by atoms with Crippen LogP contribution in [0.3, 0.4) is 0 Å². The Bertz CT molecular complexity index is 1940. The molecule has 0 saturated carbocycles. The second kappa shape index (κ2) is 82.3. The average Bonchev–Trinajstić information content (AvgIpc) is 0.781. The van der Waals surface area contributed by atoms with E-state index >= 15 is 0 Å². The van der Waals surface area contributed by atoms with E-state index in [1.807, 2.05) is 0 Å². The Morgan fingerprint density at radius 3 is 0.792 bits per heavy atom. The molecule has 0 fully saturated rings. The van der Waals surface area contributed by atoms with Crippen molar-refractivity contribution in [1.82, 2.24) is 0 Å². The van der Waals surface area contributed by atoms with E-state index in [1.165, 1.54) is 6.92 Å². The summed E-state index contributed by atoms with van der Waals surface area (Å²) in [4.78, 5) is 0. The molecule has 0 aliphatic carbocycles. The normalized spacial score (nSPS) is 14.6. The third kappa shape index (κ3) is 78.3. The Balaban J connectivity index is -0.0000000466. The lowest BCUT2D eigenvalue weighted by atomic mass is 10.1. The van der Waals surface area contributed by atoms with Crippen LogP contribution in [-0.4, -0.2) is 176 Å². The van der Waals surface area contributed by atoms with Crippen molar-refractivity contribution in [1.29, 1.82) is 0 Å². The van der Waals surface area contributed by atoms with Gasteiger partial charge in [0.25, 0.3) is 5.92 Å². The Morgan fingerprint density at radius 2 is 0.651 bits per heavy atom. The van der Waals surface area contributed by atoms with E-state index < -0.39 is 178 Å². The molecule has 0 amide bonds. The minimum atomic E-state index is -5.77. The summed E-state index contributed by atoms with van der Waals surface area (Å²) in [6, 6.07) is 0. The Labute approximate surface area is 583 Å². The van der Waals surface area contributed by atoms with Crippen molar-refractivity contribution in [2.24, 2.45) is 11.8 Å². The van der Waals surface area contributed by atoms with Gasteiger partial charge in [-0.25, -0.2) is 49.0 Å². The van der Waals surface area contributed by atoms with Crippen LogP contribution in [0.25, 0.3) is 0 Å². The van der Waals surface area contributed by atoms with Crippen molar-refractivity contribution >= 4 is 0 Å². The lowest BCUT2D eigenvalue weighted by molar-refractivity contribution is -0.412. The summed E-state index contributed by atoms with van der Waals surface area (Å²) in [7, 11) is 4.00. The lowest BCUT2D eigenvalue weighted by Crippen LogP contribution is -2.54. The molecule has 48 heteroatoms. The van der Waals surface area contributed by atoms with Crippen molar-refractivity contribution in [2.75, 3.05) is 97.4 Å². The van der Waals surface area contributed by atoms with Crippen molar-refractivity contribution in [3.63, 3.8) is 0 Å². The zero-order valence-electron chi connectivity index (χ0n) is 57.3. The molecule has 0 N–H and O–H groups in total. The predicted octanol–water partition coefficient (Wildman–Crippen LogP) is 27.9. The van der Waals surface area contributed by atoms with Gasteiger partial charge < -0.3 is 4.74 Å². The molecule has 3 nitrogen and oxygen atoms in total. The summed E-state index contributed by atoms with van der Waals surface area (Å²) >= 11 is 0. The molecular formula is C58H83F45O3. The molecule has 0 bridgehead atoms. The smallest absolute Gasteiger partial charge is 0.413 e. The molecular weight excluding hydrogens is 1600 g/mol. The number of rotatable bonds is 16. The Hall–Kier alpha value is -6.81. The van der Waals surface area contributed by atoms with Crippen LogP contribution in [0.5, 0.6) is 0 Å². The highest BCUT2D eigenvalue weighted by Crippen LogP contribution is 2.51. The largest absolute Gasteiger partial charge is 0.495 e. The maximum atomic E-state index is 12.4. The Morgan fingerprint density at radius 1 is 0.415 bits per heavy atom. The zero-order chi connectivity index (χ0) is 92.0. The first-order valence-corrected chi connectivity index (χ1v) is 24.8. The second-order valence-electron chi connectivity index (χ2n) is 13.8. The summed E-state index contributed by atoms with van der Waals surface area (Å²) in [5.74, 6) is -45.7. The van der Waals surface area contributed by atoms with Gasteiger partial charge in [0.2, 0.25) is 0 Å². The molecule has 0 spiro atoms. The highest BCUT2D eigenvalue weighted by Gasteiger charge is 2.70. The number of allylic oxidation sites excluding steroid dienone is 5. The summed E-state index contributed by atoms with van der Waals surface area (Å²) in [5, 5.41) is 0. The number of alkyl halides is 41. The highest BCUT2D eigenvalue weighted by molar-refractivity contribution is 5.12. The van der Waals surface area contributed by atoms with Gasteiger partial charge in [0, 0.05) is 6.42 Å². The quantitative estimate of drug-likeness (QED) is 0.0876. The van der Waals surface area contributed by atoms with Crippen LogP contribution in [0.4, 0.5) is 198 Å². The monoisotopic (exact) mass is 1680 g/mol. The van der Waals surface area contributed by atoms with Crippen LogP contribution < -0.4 is 0 Å². The third-order valence-electron chi connectivity index (χ3n) is 7.12. The van der Waals surface area contributed by atoms with Crippen molar-refractivity contribution in [2.45, 2.75) is 98.0 Å². The summed E-state index contributed by atoms with van der Waals surface area (Å²) < 4.78 is 523. The third-order valence-corrected chi connectivity index (χ3v) is 7.12. The summed E-state index contributed by atoms with van der Waals surface area (Å²) in [6.07, 6.45) is -33.7. The number of hydrogen-bond donors (Lipinski definition) is 0. The first-order chi connectivity index (χ1) is 48.2. The van der Waals surface area contributed by atoms with Crippen LogP contribution in [0.1, 0.15) is 19.8 Å². The number of halogens is 45. The van der Waals surface area contributed by atoms with Gasteiger partial charge in [-0.2, -0.15) is 123 Å². The van der Waals surface area contributed by atoms with Gasteiger partial charge in [-0.1, -0.05) is 52.8 Å². The minimum Gasteiger partial charge on any atom is -0.495 e. The predicted molar refractivity (Wildman–Crippen MR) is 319 cm³/mol. The molecule has 0 aromatic heterocycles. The Kier molecular flexibility index (Phi) is 115. The molecule has 2 unspecified atom stereocenters. The molecule has 2 aliphatic rings. The lowest BCUT2D eigenvalue weighted by Gasteiger charge is -2.32. The van der Waals surface area contributed by atoms with Gasteiger partial charge in [0.1, 0.15) is 25.0 Å². The number of hydrogen-bond acceptors (Lipinski definition) is 3. The second-order valence-corrected chi connectivity index (χ2v) is 13.8. The van der Waals surface area contributed by atoms with E-state index in [0.717, 1.165) is 6.26 Å². The van der Waals surface area contributed by atoms with Gasteiger partial charge >= 0.3 is 72.3 Å². The molecule has 0 radical (unpaired) electrons. The molecule has 2 rings (SSSR count). The molecule has 0 saturated heterocycles. The van der Waals surface area contributed by atoms with Gasteiger partial charge in [0.15, 0.2) is 50.1 Å². The van der Waals surface area contributed by atoms with Gasteiger partial charge in [-0.3, -0.25) is 35.1 Å². The zero-order valence-corrected chi connectivity index (χ0v) is 57.3. The molecule has 0 aromatic rings. The van der Waals surface area contributed by atoms with E-state index in [0.29, 0.717) is 57.4 Å². The first-order valence-electron chi connectivity index (χ1n) is 24.8. The molecule has 0 aromatic carbocycles. The highest BCUT2D eigenvalue weighted by atomic mass is 19.4. The molecule has 2 aliphatic heterocycles. The van der Waals surface area contributed by atoms with Crippen LogP contribution in [0, 0.1) is 11.8 Å². The van der Waals surface area contributed by atoms with Crippen molar-refractivity contribution in [3.8, 4) is 0 Å². The molecule has 2 heterocycles. The summed E-state index contributed by atoms with van der Waals surface area (Å²) in [6.45, 7) is 38.1. The van der Waals surface area contributed by atoms with E-state index in [-0.39, 0.29) is 18.6 Å². The molecule has 2 atom stereocenters. The van der Waals surface area contributed by atoms with Gasteiger partial charge in [0.05, 0.1) is 63.7 Å². The molecule has 106 heavy (non-hydrogen) atoms. The van der Waals surface area contributed by atoms with E-state index in [9.17, 15) is 198 Å². The fraction of sp³-hybridized carbons (Fsp3) is 0.552. The first kappa shape index (κ1) is 149. The molecule has 648 valence electrons. The van der Waals surface area contributed by atoms with Gasteiger partial charge in [-0.05, 0) is 30.4 Å². The van der Waals surface area contributed by atoms with Crippen molar-refractivity contribution < 1.29 is 212 Å². The van der Waals surface area contributed by atoms with E-state index in [1.54, 1.807) is 0 Å². The number of ether oxygens (including phenoxy) is 3. The SMILES string of the molecule is C=C.C=C.C=C.C=C.C=C.C=C(F)CF.C=C(F)CF.C=CC(F)(F)C(F)(F)C(F)(F)CF.C=CC(F)(F)C(F)(F)CCC.C=CC(F)(F)CF.C=COCC(F)(F)CF.CF.CF.CF.CF.CF.CF.CF.CF.FC1=CC(C(F)(F)F)C(F)(F)OC1(F)F.FC1=CC(C(F)(F)F)C(F)(F)OC1(F)F. The van der Waals surface area contributed by atoms with Crippen LogP contribution in [0.2, 0.25) is 0 Å². The van der Waals surface area contributed by atoms with Crippen LogP contribution in [-0.2, 0) is 14.2 Å². The van der Waals surface area contributed by atoms with E-state index in [4.69, 9.17) is 0 Å². The standard InChI is InChI=1S/C7H10F4.2C6H2F8O.C6H5F7.C5H7F3O.C4H5F3.2C3H4F2.5C2H4.8CH3F/c1-3-5-7(10,11)6(8,9)4-2;2*7-3-1-2(4(8,9)10)5(11,12)15-6(3,13)14;1-2-4(8,9)6(12,13)5(10,11)3-7;1-2-9-4-5(7,8)3-6;1-2-4(6,7)3-5;2*1-3(5)2-4;13*1-2/h4H,2-3,5H2,1H3;2*1-2H;2H,1,3H2;2H,1,3-4H2;2H,1,3H2;2*1-2H2;5*1-2H2;8*1H3. The fourth-order valence-electron chi connectivity index (χ4n) is 3.18. The summed E-state index contributed by atoms with van der Waals surface area (Å²) in [5.41, 5.74) is 0. The topological polar surface area (TPSA) is 27.7 Å². The maximum absolute atomic E-state index is 12.4. The van der Waals surface area contributed by atoms with Gasteiger partial charge in [-0.15, -0.1) is 65.8 Å².